The van der Waals surface area contributed by atoms with E-state index < -0.39 is 0 Å². The minimum atomic E-state index is -0.104. The Labute approximate surface area is 100 Å². The van der Waals surface area contributed by atoms with Crippen LogP contribution in [0.25, 0.3) is 0 Å². The molecule has 0 fully saturated rings. The van der Waals surface area contributed by atoms with Crippen molar-refractivity contribution in [2.24, 2.45) is 5.73 Å². The average molecular weight is 230 g/mol. The number of H-pyrrole nitrogens is 1. The van der Waals surface area contributed by atoms with Gasteiger partial charge in [-0.25, -0.2) is 0 Å². The maximum absolute atomic E-state index is 6.21. The predicted molar refractivity (Wildman–Crippen MR) is 68.8 cm³/mol. The van der Waals surface area contributed by atoms with E-state index in [0.717, 1.165) is 21.3 Å². The van der Waals surface area contributed by atoms with Crippen molar-refractivity contribution in [2.45, 2.75) is 13.0 Å². The smallest absolute Gasteiger partial charge is 0.103 e. The van der Waals surface area contributed by atoms with E-state index in [1.165, 1.54) is 0 Å². The third-order valence-corrected chi connectivity index (χ3v) is 2.90. The van der Waals surface area contributed by atoms with Crippen molar-refractivity contribution in [3.8, 4) is 0 Å². The summed E-state index contributed by atoms with van der Waals surface area (Å²) in [7, 11) is 0. The van der Waals surface area contributed by atoms with Gasteiger partial charge in [-0.3, -0.25) is 0 Å². The van der Waals surface area contributed by atoms with Gasteiger partial charge in [0.05, 0.1) is 6.04 Å². The average Bonchev–Trinajstić information content (AvgIpc) is 2.29. The van der Waals surface area contributed by atoms with E-state index in [0.29, 0.717) is 0 Å². The van der Waals surface area contributed by atoms with Crippen molar-refractivity contribution in [3.63, 3.8) is 0 Å². The zero-order valence-corrected chi connectivity index (χ0v) is 9.92. The molecule has 1 aromatic carbocycles. The van der Waals surface area contributed by atoms with Gasteiger partial charge in [-0.1, -0.05) is 42.5 Å². The molecule has 2 nitrogen and oxygen atoms in total. The van der Waals surface area contributed by atoms with Crippen LogP contribution in [-0.2, 0) is 0 Å². The lowest BCUT2D eigenvalue weighted by molar-refractivity contribution is 0.852. The first-order chi connectivity index (χ1) is 7.68. The van der Waals surface area contributed by atoms with Gasteiger partial charge in [0, 0.05) is 6.20 Å². The van der Waals surface area contributed by atoms with E-state index >= 15 is 0 Å². The number of aromatic amines is 1. The molecule has 2 aromatic rings. The van der Waals surface area contributed by atoms with E-state index in [4.69, 9.17) is 18.0 Å². The van der Waals surface area contributed by atoms with Crippen LogP contribution in [0, 0.1) is 11.6 Å². The number of aryl methyl sites for hydroxylation is 1. The Kier molecular flexibility index (Phi) is 3.17. The van der Waals surface area contributed by atoms with E-state index in [-0.39, 0.29) is 6.04 Å². The van der Waals surface area contributed by atoms with Gasteiger partial charge in [0.2, 0.25) is 0 Å². The Hall–Kier alpha value is -1.45. The highest BCUT2D eigenvalue weighted by molar-refractivity contribution is 7.71. The monoisotopic (exact) mass is 230 g/mol. The van der Waals surface area contributed by atoms with Crippen molar-refractivity contribution in [3.05, 3.63) is 63.9 Å². The molecular formula is C13H14N2S. The molecule has 3 N–H and O–H groups in total. The lowest BCUT2D eigenvalue weighted by Gasteiger charge is -2.14. The highest BCUT2D eigenvalue weighted by Gasteiger charge is 2.10. The number of hydrogen-bond donors (Lipinski definition) is 2. The highest BCUT2D eigenvalue weighted by atomic mass is 32.1. The number of benzene rings is 1. The van der Waals surface area contributed by atoms with Crippen LogP contribution in [0.5, 0.6) is 0 Å². The van der Waals surface area contributed by atoms with Gasteiger partial charge in [0.1, 0.15) is 4.64 Å². The number of nitrogens with two attached hydrogens (primary N) is 1. The van der Waals surface area contributed by atoms with Crippen molar-refractivity contribution in [2.75, 3.05) is 0 Å². The molecule has 0 unspecified atom stereocenters. The minimum absolute atomic E-state index is 0.104. The summed E-state index contributed by atoms with van der Waals surface area (Å²) in [4.78, 5) is 3.03. The van der Waals surface area contributed by atoms with Gasteiger partial charge < -0.3 is 10.7 Å². The van der Waals surface area contributed by atoms with E-state index in [1.807, 2.05) is 49.5 Å². The molecule has 0 spiro atoms. The fourth-order valence-corrected chi connectivity index (χ4v) is 2.00. The van der Waals surface area contributed by atoms with E-state index in [1.54, 1.807) is 0 Å². The summed E-state index contributed by atoms with van der Waals surface area (Å²) in [6, 6.07) is 11.9. The summed E-state index contributed by atoms with van der Waals surface area (Å²) in [6.07, 6.45) is 1.90. The Morgan fingerprint density at radius 2 is 1.94 bits per heavy atom. The van der Waals surface area contributed by atoms with Crippen LogP contribution < -0.4 is 5.73 Å². The Morgan fingerprint density at radius 1 is 1.25 bits per heavy atom. The molecule has 0 aliphatic heterocycles. The lowest BCUT2D eigenvalue weighted by atomic mass is 9.98. The Morgan fingerprint density at radius 3 is 2.56 bits per heavy atom. The predicted octanol–water partition coefficient (Wildman–Crippen LogP) is 3.10. The molecule has 0 amide bonds. The summed E-state index contributed by atoms with van der Waals surface area (Å²) in [5, 5.41) is 0. The van der Waals surface area contributed by atoms with Crippen LogP contribution in [-0.4, -0.2) is 4.98 Å². The standard InChI is InChI=1S/C13H14N2S/c1-9-7-12(16)15-8-11(9)13(14)10-5-3-2-4-6-10/h2-8,13H,14H2,1H3,(H,15,16)/t13-/m0/s1. The largest absolute Gasteiger partial charge is 0.353 e. The molecule has 3 heteroatoms. The van der Waals surface area contributed by atoms with E-state index in [2.05, 4.69) is 4.98 Å². The molecule has 1 aromatic heterocycles. The molecule has 2 rings (SSSR count). The maximum Gasteiger partial charge on any atom is 0.103 e. The molecule has 1 atom stereocenters. The summed E-state index contributed by atoms with van der Waals surface area (Å²) < 4.78 is 0.738. The molecule has 1 heterocycles. The van der Waals surface area contributed by atoms with Crippen LogP contribution >= 0.6 is 12.2 Å². The quantitative estimate of drug-likeness (QED) is 0.778. The van der Waals surface area contributed by atoms with Crippen LogP contribution in [0.2, 0.25) is 0 Å². The van der Waals surface area contributed by atoms with Crippen LogP contribution in [0.3, 0.4) is 0 Å². The fourth-order valence-electron chi connectivity index (χ4n) is 1.76. The van der Waals surface area contributed by atoms with Gasteiger partial charge in [0.15, 0.2) is 0 Å². The van der Waals surface area contributed by atoms with Crippen LogP contribution in [0.15, 0.2) is 42.6 Å². The first-order valence-electron chi connectivity index (χ1n) is 5.18. The van der Waals surface area contributed by atoms with Gasteiger partial charge in [-0.05, 0) is 29.7 Å². The number of nitrogens with one attached hydrogen (secondary N) is 1. The van der Waals surface area contributed by atoms with Crippen molar-refractivity contribution in [1.82, 2.24) is 4.98 Å². The lowest BCUT2D eigenvalue weighted by Crippen LogP contribution is -2.13. The minimum Gasteiger partial charge on any atom is -0.353 e. The molecular weight excluding hydrogens is 216 g/mol. The summed E-state index contributed by atoms with van der Waals surface area (Å²) >= 11 is 5.07. The zero-order valence-electron chi connectivity index (χ0n) is 9.10. The number of pyridine rings is 1. The third-order valence-electron chi connectivity index (χ3n) is 2.67. The second-order valence-electron chi connectivity index (χ2n) is 3.82. The Bertz CT molecular complexity index is 531. The van der Waals surface area contributed by atoms with Gasteiger partial charge >= 0.3 is 0 Å². The van der Waals surface area contributed by atoms with Crippen molar-refractivity contribution >= 4 is 12.2 Å². The van der Waals surface area contributed by atoms with Crippen LogP contribution in [0.1, 0.15) is 22.7 Å². The highest BCUT2D eigenvalue weighted by Crippen LogP contribution is 2.21. The van der Waals surface area contributed by atoms with Gasteiger partial charge in [0.25, 0.3) is 0 Å². The molecule has 0 radical (unpaired) electrons. The molecule has 0 saturated carbocycles. The molecule has 0 aliphatic rings. The van der Waals surface area contributed by atoms with E-state index in [9.17, 15) is 0 Å². The van der Waals surface area contributed by atoms with Gasteiger partial charge in [-0.15, -0.1) is 0 Å². The fraction of sp³-hybridized carbons (Fsp3) is 0.154. The second kappa shape index (κ2) is 4.60. The topological polar surface area (TPSA) is 41.8 Å². The zero-order chi connectivity index (χ0) is 11.5. The van der Waals surface area contributed by atoms with Crippen molar-refractivity contribution in [1.29, 1.82) is 0 Å². The Balaban J connectivity index is 2.42. The number of aromatic nitrogens is 1. The number of rotatable bonds is 2. The molecule has 82 valence electrons. The van der Waals surface area contributed by atoms with Gasteiger partial charge in [-0.2, -0.15) is 0 Å². The summed E-state index contributed by atoms with van der Waals surface area (Å²) in [5.74, 6) is 0. The maximum atomic E-state index is 6.21. The molecule has 0 bridgehead atoms. The second-order valence-corrected chi connectivity index (χ2v) is 4.26. The third kappa shape index (κ3) is 2.21. The summed E-state index contributed by atoms with van der Waals surface area (Å²) in [6.45, 7) is 2.03. The van der Waals surface area contributed by atoms with Crippen LogP contribution in [0.4, 0.5) is 0 Å². The first-order valence-corrected chi connectivity index (χ1v) is 5.59. The normalized spacial score (nSPS) is 12.4. The molecule has 16 heavy (non-hydrogen) atoms. The SMILES string of the molecule is Cc1cc(=S)[nH]cc1[C@@H](N)c1ccccc1. The summed E-state index contributed by atoms with van der Waals surface area (Å²) in [5.41, 5.74) is 9.53. The molecule has 0 aliphatic carbocycles. The first kappa shape index (κ1) is 11.0. The molecule has 0 saturated heterocycles. The number of hydrogen-bond acceptors (Lipinski definition) is 2. The van der Waals surface area contributed by atoms with Crippen molar-refractivity contribution < 1.29 is 0 Å².